The van der Waals surface area contributed by atoms with Crippen LogP contribution in [0.4, 0.5) is 0 Å². The molecular weight excluding hydrogens is 218 g/mol. The molecule has 2 rings (SSSR count). The predicted octanol–water partition coefficient (Wildman–Crippen LogP) is -0.181. The number of likely N-dealkylation sites (tertiary alicyclic amines) is 2. The highest BCUT2D eigenvalue weighted by Gasteiger charge is 2.30. The Bertz CT molecular complexity index is 300. The van der Waals surface area contributed by atoms with E-state index in [0.717, 1.165) is 45.3 Å². The van der Waals surface area contributed by atoms with E-state index in [1.807, 2.05) is 4.90 Å². The Balaban J connectivity index is 1.88. The highest BCUT2D eigenvalue weighted by Crippen LogP contribution is 2.13. The van der Waals surface area contributed by atoms with Crippen LogP contribution >= 0.6 is 0 Å². The zero-order valence-corrected chi connectivity index (χ0v) is 10.4. The van der Waals surface area contributed by atoms with Gasteiger partial charge in [0.15, 0.2) is 0 Å². The fourth-order valence-electron chi connectivity index (χ4n) is 2.59. The molecule has 2 saturated heterocycles. The minimum absolute atomic E-state index is 0.0753. The lowest BCUT2D eigenvalue weighted by Crippen LogP contribution is -2.52. The van der Waals surface area contributed by atoms with E-state index < -0.39 is 0 Å². The Morgan fingerprint density at radius 2 is 2.00 bits per heavy atom. The molecule has 0 aliphatic carbocycles. The minimum atomic E-state index is -0.102. The van der Waals surface area contributed by atoms with Gasteiger partial charge in [0.2, 0.25) is 11.8 Å². The van der Waals surface area contributed by atoms with E-state index in [9.17, 15) is 9.59 Å². The molecule has 96 valence electrons. The molecule has 2 aliphatic rings. The molecule has 2 aliphatic heterocycles. The van der Waals surface area contributed by atoms with Crippen molar-refractivity contribution in [2.45, 2.75) is 31.7 Å². The lowest BCUT2D eigenvalue weighted by Gasteiger charge is -2.32. The van der Waals surface area contributed by atoms with E-state index in [-0.39, 0.29) is 24.4 Å². The van der Waals surface area contributed by atoms with Crippen LogP contribution in [-0.2, 0) is 9.59 Å². The van der Waals surface area contributed by atoms with E-state index in [4.69, 9.17) is 0 Å². The molecule has 0 unspecified atom stereocenters. The van der Waals surface area contributed by atoms with Gasteiger partial charge in [-0.3, -0.25) is 9.59 Å². The second-order valence-corrected chi connectivity index (χ2v) is 4.83. The maximum absolute atomic E-state index is 12.0. The Kier molecular flexibility index (Phi) is 3.99. The summed E-state index contributed by atoms with van der Waals surface area (Å²) in [7, 11) is 1.80. The highest BCUT2D eigenvalue weighted by molar-refractivity contribution is 5.88. The van der Waals surface area contributed by atoms with Crippen molar-refractivity contribution in [3.63, 3.8) is 0 Å². The van der Waals surface area contributed by atoms with Gasteiger partial charge < -0.3 is 15.1 Å². The molecule has 5 heteroatoms. The van der Waals surface area contributed by atoms with Gasteiger partial charge in [0, 0.05) is 19.6 Å². The number of nitrogens with one attached hydrogen (secondary N) is 1. The summed E-state index contributed by atoms with van der Waals surface area (Å²) in [5.74, 6) is 0.180. The first-order valence-corrected chi connectivity index (χ1v) is 6.46. The molecule has 2 fully saturated rings. The number of hydrogen-bond acceptors (Lipinski definition) is 3. The van der Waals surface area contributed by atoms with Crippen LogP contribution in [0.2, 0.25) is 0 Å². The van der Waals surface area contributed by atoms with Crippen molar-refractivity contribution in [2.24, 2.45) is 0 Å². The second-order valence-electron chi connectivity index (χ2n) is 4.83. The summed E-state index contributed by atoms with van der Waals surface area (Å²) in [5, 5.41) is 3.01. The highest BCUT2D eigenvalue weighted by atomic mass is 16.2. The van der Waals surface area contributed by atoms with Crippen LogP contribution in [0.15, 0.2) is 0 Å². The summed E-state index contributed by atoms with van der Waals surface area (Å²) in [5.41, 5.74) is 0. The molecule has 0 bridgehead atoms. The molecule has 1 N–H and O–H groups in total. The predicted molar refractivity (Wildman–Crippen MR) is 64.5 cm³/mol. The van der Waals surface area contributed by atoms with Crippen molar-refractivity contribution in [1.29, 1.82) is 0 Å². The van der Waals surface area contributed by atoms with E-state index >= 15 is 0 Å². The molecule has 0 aromatic heterocycles. The van der Waals surface area contributed by atoms with Gasteiger partial charge in [-0.2, -0.15) is 0 Å². The van der Waals surface area contributed by atoms with Crippen molar-refractivity contribution in [3.8, 4) is 0 Å². The molecule has 17 heavy (non-hydrogen) atoms. The molecule has 0 aromatic carbocycles. The van der Waals surface area contributed by atoms with Crippen molar-refractivity contribution in [2.75, 3.05) is 33.2 Å². The van der Waals surface area contributed by atoms with Crippen LogP contribution in [0.3, 0.4) is 0 Å². The maximum atomic E-state index is 12.0. The Hall–Kier alpha value is -1.10. The van der Waals surface area contributed by atoms with E-state index in [2.05, 4.69) is 5.32 Å². The van der Waals surface area contributed by atoms with Gasteiger partial charge in [0.1, 0.15) is 0 Å². The number of carbonyl (C=O) groups is 2. The molecule has 2 heterocycles. The summed E-state index contributed by atoms with van der Waals surface area (Å²) in [6.07, 6.45) is 4.05. The lowest BCUT2D eigenvalue weighted by molar-refractivity contribution is -0.142. The van der Waals surface area contributed by atoms with E-state index in [0.29, 0.717) is 0 Å². The van der Waals surface area contributed by atoms with Crippen LogP contribution in [0.5, 0.6) is 0 Å². The smallest absolute Gasteiger partial charge is 0.242 e. The van der Waals surface area contributed by atoms with Gasteiger partial charge in [0.25, 0.3) is 0 Å². The lowest BCUT2D eigenvalue weighted by atomic mass is 10.1. The van der Waals surface area contributed by atoms with Crippen molar-refractivity contribution >= 4 is 11.8 Å². The second kappa shape index (κ2) is 5.49. The molecule has 0 radical (unpaired) electrons. The number of amides is 2. The summed E-state index contributed by atoms with van der Waals surface area (Å²) < 4.78 is 0. The van der Waals surface area contributed by atoms with Gasteiger partial charge in [-0.15, -0.1) is 0 Å². The third-order valence-corrected chi connectivity index (χ3v) is 3.66. The zero-order chi connectivity index (χ0) is 12.3. The average molecular weight is 239 g/mol. The van der Waals surface area contributed by atoms with Crippen molar-refractivity contribution in [1.82, 2.24) is 15.1 Å². The minimum Gasteiger partial charge on any atom is -0.341 e. The first-order valence-electron chi connectivity index (χ1n) is 6.46. The van der Waals surface area contributed by atoms with E-state index in [1.165, 1.54) is 0 Å². The summed E-state index contributed by atoms with van der Waals surface area (Å²) in [6, 6.07) is -0.102. The molecule has 2 amide bonds. The van der Waals surface area contributed by atoms with Crippen molar-refractivity contribution in [3.05, 3.63) is 0 Å². The normalized spacial score (nSPS) is 25.5. The van der Waals surface area contributed by atoms with Crippen LogP contribution in [-0.4, -0.2) is 60.9 Å². The molecule has 0 spiro atoms. The summed E-state index contributed by atoms with van der Waals surface area (Å²) in [6.45, 7) is 2.69. The Labute approximate surface area is 102 Å². The Morgan fingerprint density at radius 3 is 2.65 bits per heavy atom. The number of carbonyl (C=O) groups excluding carboxylic acids is 2. The third-order valence-electron chi connectivity index (χ3n) is 3.66. The SMILES string of the molecule is CN[C@H]1CCCN(CC(=O)N2CCCC2)C1=O. The number of hydrogen-bond donors (Lipinski definition) is 1. The molecule has 1 atom stereocenters. The fraction of sp³-hybridized carbons (Fsp3) is 0.833. The fourth-order valence-corrected chi connectivity index (χ4v) is 2.59. The van der Waals surface area contributed by atoms with Gasteiger partial charge in [-0.05, 0) is 32.7 Å². The first-order chi connectivity index (χ1) is 8.22. The average Bonchev–Trinajstić information content (AvgIpc) is 2.85. The van der Waals surface area contributed by atoms with Gasteiger partial charge in [0.05, 0.1) is 12.6 Å². The largest absolute Gasteiger partial charge is 0.341 e. The van der Waals surface area contributed by atoms with Crippen molar-refractivity contribution < 1.29 is 9.59 Å². The number of rotatable bonds is 3. The van der Waals surface area contributed by atoms with Gasteiger partial charge in [-0.25, -0.2) is 0 Å². The van der Waals surface area contributed by atoms with Gasteiger partial charge >= 0.3 is 0 Å². The number of likely N-dealkylation sites (N-methyl/N-ethyl adjacent to an activating group) is 1. The van der Waals surface area contributed by atoms with Gasteiger partial charge in [-0.1, -0.05) is 0 Å². The Morgan fingerprint density at radius 1 is 1.29 bits per heavy atom. The summed E-state index contributed by atoms with van der Waals surface area (Å²) >= 11 is 0. The standard InChI is InChI=1S/C12H21N3O2/c1-13-10-5-4-8-15(12(10)17)9-11(16)14-6-2-3-7-14/h10,13H,2-9H2,1H3/t10-/m0/s1. The number of piperidine rings is 1. The first kappa shape index (κ1) is 12.4. The quantitative estimate of drug-likeness (QED) is 0.743. The van der Waals surface area contributed by atoms with Crippen LogP contribution in [0.25, 0.3) is 0 Å². The molecule has 0 aromatic rings. The number of nitrogens with zero attached hydrogens (tertiary/aromatic N) is 2. The monoisotopic (exact) mass is 239 g/mol. The van der Waals surface area contributed by atoms with Crippen LogP contribution in [0.1, 0.15) is 25.7 Å². The van der Waals surface area contributed by atoms with Crippen LogP contribution < -0.4 is 5.32 Å². The zero-order valence-electron chi connectivity index (χ0n) is 10.4. The molecule has 5 nitrogen and oxygen atoms in total. The maximum Gasteiger partial charge on any atom is 0.242 e. The van der Waals surface area contributed by atoms with Crippen LogP contribution in [0, 0.1) is 0 Å². The van der Waals surface area contributed by atoms with E-state index in [1.54, 1.807) is 11.9 Å². The molecule has 0 saturated carbocycles. The summed E-state index contributed by atoms with van der Waals surface area (Å²) in [4.78, 5) is 27.5. The third kappa shape index (κ3) is 2.77. The topological polar surface area (TPSA) is 52.7 Å². The molecular formula is C12H21N3O2.